The minimum atomic E-state index is -0.396. The molecule has 0 heterocycles. The summed E-state index contributed by atoms with van der Waals surface area (Å²) in [6, 6.07) is 17.1. The fourth-order valence-corrected chi connectivity index (χ4v) is 2.76. The average molecular weight is 344 g/mol. The molecule has 0 aliphatic rings. The van der Waals surface area contributed by atoms with Gasteiger partial charge in [-0.25, -0.2) is 4.79 Å². The second-order valence-corrected chi connectivity index (χ2v) is 6.06. The lowest BCUT2D eigenvalue weighted by Crippen LogP contribution is -2.15. The summed E-state index contributed by atoms with van der Waals surface area (Å²) in [4.78, 5) is 16.5. The SMILES string of the molecule is COc1ccc(/C(N)=N\OC(=O)CCSCc2ccccc2)cc1. The largest absolute Gasteiger partial charge is 0.497 e. The molecule has 0 bridgehead atoms. The van der Waals surface area contributed by atoms with Crippen molar-refractivity contribution in [1.29, 1.82) is 0 Å². The Bertz CT molecular complexity index is 672. The number of hydrogen-bond acceptors (Lipinski definition) is 5. The van der Waals surface area contributed by atoms with E-state index in [0.29, 0.717) is 11.3 Å². The van der Waals surface area contributed by atoms with Gasteiger partial charge in [0.25, 0.3) is 0 Å². The zero-order valence-corrected chi connectivity index (χ0v) is 14.3. The molecule has 0 amide bonds. The van der Waals surface area contributed by atoms with Crippen LogP contribution in [0.15, 0.2) is 59.8 Å². The highest BCUT2D eigenvalue weighted by atomic mass is 32.2. The number of methoxy groups -OCH3 is 1. The fourth-order valence-electron chi connectivity index (χ4n) is 1.88. The van der Waals surface area contributed by atoms with Gasteiger partial charge in [0.05, 0.1) is 13.5 Å². The molecule has 5 nitrogen and oxygen atoms in total. The molecule has 0 saturated heterocycles. The maximum atomic E-state index is 11.7. The van der Waals surface area contributed by atoms with Crippen LogP contribution in [-0.2, 0) is 15.4 Å². The van der Waals surface area contributed by atoms with Crippen molar-refractivity contribution in [2.24, 2.45) is 10.9 Å². The number of carbonyl (C=O) groups excluding carboxylic acids is 1. The molecule has 0 saturated carbocycles. The highest BCUT2D eigenvalue weighted by Crippen LogP contribution is 2.13. The van der Waals surface area contributed by atoms with Gasteiger partial charge in [-0.1, -0.05) is 35.5 Å². The van der Waals surface area contributed by atoms with Gasteiger partial charge in [0.2, 0.25) is 0 Å². The van der Waals surface area contributed by atoms with Crippen LogP contribution in [0.25, 0.3) is 0 Å². The van der Waals surface area contributed by atoms with E-state index in [1.54, 1.807) is 43.1 Å². The zero-order valence-electron chi connectivity index (χ0n) is 13.5. The highest BCUT2D eigenvalue weighted by Gasteiger charge is 2.05. The number of hydrogen-bond donors (Lipinski definition) is 1. The van der Waals surface area contributed by atoms with E-state index in [0.717, 1.165) is 11.5 Å². The van der Waals surface area contributed by atoms with Gasteiger partial charge in [0.1, 0.15) is 5.75 Å². The average Bonchev–Trinajstić information content (AvgIpc) is 2.64. The number of ether oxygens (including phenoxy) is 1. The van der Waals surface area contributed by atoms with Gasteiger partial charge in [-0.05, 0) is 29.8 Å². The number of oxime groups is 1. The number of carbonyl (C=O) groups is 1. The first-order valence-electron chi connectivity index (χ1n) is 7.48. The fraction of sp³-hybridized carbons (Fsp3) is 0.222. The van der Waals surface area contributed by atoms with E-state index in [9.17, 15) is 4.79 Å². The van der Waals surface area contributed by atoms with Gasteiger partial charge in [0.15, 0.2) is 5.84 Å². The van der Waals surface area contributed by atoms with Gasteiger partial charge in [-0.3, -0.25) is 0 Å². The normalized spacial score (nSPS) is 11.1. The number of amidine groups is 1. The van der Waals surface area contributed by atoms with E-state index >= 15 is 0 Å². The van der Waals surface area contributed by atoms with Crippen LogP contribution >= 0.6 is 11.8 Å². The van der Waals surface area contributed by atoms with Gasteiger partial charge >= 0.3 is 5.97 Å². The predicted molar refractivity (Wildman–Crippen MR) is 97.0 cm³/mol. The van der Waals surface area contributed by atoms with Crippen molar-refractivity contribution in [1.82, 2.24) is 0 Å². The smallest absolute Gasteiger partial charge is 0.335 e. The maximum absolute atomic E-state index is 11.7. The van der Waals surface area contributed by atoms with Gasteiger partial charge < -0.3 is 15.3 Å². The number of benzene rings is 2. The third-order valence-corrected chi connectivity index (χ3v) is 4.22. The molecule has 0 atom stereocenters. The second kappa shape index (κ2) is 9.62. The Morgan fingerprint density at radius 3 is 2.50 bits per heavy atom. The molecule has 0 aromatic heterocycles. The van der Waals surface area contributed by atoms with Crippen molar-refractivity contribution in [3.63, 3.8) is 0 Å². The molecule has 0 spiro atoms. The zero-order chi connectivity index (χ0) is 17.2. The third-order valence-electron chi connectivity index (χ3n) is 3.19. The van der Waals surface area contributed by atoms with Crippen LogP contribution in [-0.4, -0.2) is 24.7 Å². The quantitative estimate of drug-likeness (QED) is 0.262. The van der Waals surface area contributed by atoms with Crippen LogP contribution in [0, 0.1) is 0 Å². The number of nitrogens with two attached hydrogens (primary N) is 1. The Morgan fingerprint density at radius 1 is 1.12 bits per heavy atom. The van der Waals surface area contributed by atoms with E-state index in [4.69, 9.17) is 15.3 Å². The van der Waals surface area contributed by atoms with E-state index < -0.39 is 5.97 Å². The molecule has 2 aromatic rings. The first-order valence-corrected chi connectivity index (χ1v) is 8.64. The second-order valence-electron chi connectivity index (χ2n) is 4.96. The van der Waals surface area contributed by atoms with E-state index in [1.807, 2.05) is 18.2 Å². The monoisotopic (exact) mass is 344 g/mol. The minimum absolute atomic E-state index is 0.156. The molecule has 6 heteroatoms. The molecule has 0 fully saturated rings. The summed E-state index contributed by atoms with van der Waals surface area (Å²) in [5, 5.41) is 3.68. The Morgan fingerprint density at radius 2 is 1.83 bits per heavy atom. The molecule has 0 aliphatic carbocycles. The summed E-state index contributed by atoms with van der Waals surface area (Å²) in [5.74, 6) is 2.02. The van der Waals surface area contributed by atoms with Gasteiger partial charge in [-0.2, -0.15) is 11.8 Å². The molecule has 2 aromatic carbocycles. The molecular weight excluding hydrogens is 324 g/mol. The molecule has 2 N–H and O–H groups in total. The Hall–Kier alpha value is -2.47. The maximum Gasteiger partial charge on any atom is 0.335 e. The lowest BCUT2D eigenvalue weighted by Gasteiger charge is -2.03. The van der Waals surface area contributed by atoms with Crippen LogP contribution < -0.4 is 10.5 Å². The lowest BCUT2D eigenvalue weighted by atomic mass is 10.2. The van der Waals surface area contributed by atoms with E-state index in [1.165, 1.54) is 5.56 Å². The summed E-state index contributed by atoms with van der Waals surface area (Å²) >= 11 is 1.67. The Kier molecular flexibility index (Phi) is 7.17. The van der Waals surface area contributed by atoms with Crippen LogP contribution in [0.2, 0.25) is 0 Å². The van der Waals surface area contributed by atoms with Gasteiger partial charge in [0, 0.05) is 17.1 Å². The van der Waals surface area contributed by atoms with Gasteiger partial charge in [-0.15, -0.1) is 0 Å². The van der Waals surface area contributed by atoms with E-state index in [-0.39, 0.29) is 12.3 Å². The van der Waals surface area contributed by atoms with Crippen molar-refractivity contribution in [2.75, 3.05) is 12.9 Å². The summed E-state index contributed by atoms with van der Waals surface area (Å²) in [7, 11) is 1.59. The van der Waals surface area contributed by atoms with Crippen molar-refractivity contribution in [2.45, 2.75) is 12.2 Å². The lowest BCUT2D eigenvalue weighted by molar-refractivity contribution is -0.143. The summed E-state index contributed by atoms with van der Waals surface area (Å²) in [5.41, 5.74) is 7.69. The van der Waals surface area contributed by atoms with Crippen LogP contribution in [0.3, 0.4) is 0 Å². The molecule has 2 rings (SSSR count). The molecule has 24 heavy (non-hydrogen) atoms. The Labute approximate surface area is 145 Å². The number of thioether (sulfide) groups is 1. The third kappa shape index (κ3) is 5.96. The standard InChI is InChI=1S/C18H20N2O3S/c1-22-16-9-7-15(8-10-16)18(19)20-23-17(21)11-12-24-13-14-5-3-2-4-6-14/h2-10H,11-13H2,1H3,(H2,19,20). The first-order chi connectivity index (χ1) is 11.7. The summed E-state index contributed by atoms with van der Waals surface area (Å²) < 4.78 is 5.07. The number of nitrogens with zero attached hydrogens (tertiary/aromatic N) is 1. The minimum Gasteiger partial charge on any atom is -0.497 e. The summed E-state index contributed by atoms with van der Waals surface area (Å²) in [6.45, 7) is 0. The molecule has 0 unspecified atom stereocenters. The van der Waals surface area contributed by atoms with Crippen molar-refractivity contribution < 1.29 is 14.4 Å². The topological polar surface area (TPSA) is 73.9 Å². The first kappa shape index (κ1) is 17.9. The van der Waals surface area contributed by atoms with Crippen LogP contribution in [0.4, 0.5) is 0 Å². The highest BCUT2D eigenvalue weighted by molar-refractivity contribution is 7.98. The van der Waals surface area contributed by atoms with Crippen LogP contribution in [0.5, 0.6) is 5.75 Å². The van der Waals surface area contributed by atoms with Crippen molar-refractivity contribution >= 4 is 23.6 Å². The van der Waals surface area contributed by atoms with Crippen molar-refractivity contribution in [3.8, 4) is 5.75 Å². The Balaban J connectivity index is 1.71. The number of rotatable bonds is 8. The molecular formula is C18H20N2O3S. The van der Waals surface area contributed by atoms with Crippen molar-refractivity contribution in [3.05, 3.63) is 65.7 Å². The predicted octanol–water partition coefficient (Wildman–Crippen LogP) is 3.18. The molecule has 0 radical (unpaired) electrons. The van der Waals surface area contributed by atoms with Crippen LogP contribution in [0.1, 0.15) is 17.5 Å². The molecule has 126 valence electrons. The summed E-state index contributed by atoms with van der Waals surface area (Å²) in [6.07, 6.45) is 0.289. The van der Waals surface area contributed by atoms with E-state index in [2.05, 4.69) is 17.3 Å². The molecule has 0 aliphatic heterocycles.